The molecular formula is C10H16F3N5. The van der Waals surface area contributed by atoms with Gasteiger partial charge in [0.15, 0.2) is 0 Å². The zero-order valence-electron chi connectivity index (χ0n) is 10.3. The third kappa shape index (κ3) is 3.34. The third-order valence-corrected chi connectivity index (χ3v) is 2.73. The fourth-order valence-corrected chi connectivity index (χ4v) is 2.19. The number of aromatic nitrogens is 3. The number of hydrogen-bond acceptors (Lipinski definition) is 4. The fourth-order valence-electron chi connectivity index (χ4n) is 2.19. The lowest BCUT2D eigenvalue weighted by Gasteiger charge is -2.35. The molecule has 0 aromatic carbocycles. The van der Waals surface area contributed by atoms with Gasteiger partial charge in [-0.05, 0) is 13.8 Å². The first-order valence-electron chi connectivity index (χ1n) is 5.82. The van der Waals surface area contributed by atoms with E-state index in [1.54, 1.807) is 0 Å². The fraction of sp³-hybridized carbons (Fsp3) is 0.800. The van der Waals surface area contributed by atoms with Crippen molar-refractivity contribution in [3.8, 4) is 0 Å². The van der Waals surface area contributed by atoms with E-state index in [9.17, 15) is 13.2 Å². The second kappa shape index (κ2) is 4.75. The summed E-state index contributed by atoms with van der Waals surface area (Å²) in [7, 11) is 0. The summed E-state index contributed by atoms with van der Waals surface area (Å²) in [5.41, 5.74) is 0. The molecular weight excluding hydrogens is 247 g/mol. The molecule has 0 spiro atoms. The minimum absolute atomic E-state index is 0.142. The van der Waals surface area contributed by atoms with Crippen LogP contribution >= 0.6 is 0 Å². The summed E-state index contributed by atoms with van der Waals surface area (Å²) in [4.78, 5) is 5.79. The summed E-state index contributed by atoms with van der Waals surface area (Å²) in [5.74, 6) is 0.200. The summed E-state index contributed by atoms with van der Waals surface area (Å²) < 4.78 is 36.6. The monoisotopic (exact) mass is 263 g/mol. The lowest BCUT2D eigenvalue weighted by Crippen LogP contribution is -2.54. The molecule has 18 heavy (non-hydrogen) atoms. The Balaban J connectivity index is 2.05. The highest BCUT2D eigenvalue weighted by Crippen LogP contribution is 2.20. The lowest BCUT2D eigenvalue weighted by atomic mass is 10.1. The predicted octanol–water partition coefficient (Wildman–Crippen LogP) is 1.10. The summed E-state index contributed by atoms with van der Waals surface area (Å²) in [6.45, 7) is 5.42. The van der Waals surface area contributed by atoms with E-state index in [2.05, 4.69) is 20.5 Å². The Morgan fingerprint density at radius 3 is 2.44 bits per heavy atom. The topological polar surface area (TPSA) is 56.8 Å². The Bertz CT molecular complexity index is 392. The molecule has 2 N–H and O–H groups in total. The smallest absolute Gasteiger partial charge is 0.336 e. The lowest BCUT2D eigenvalue weighted by molar-refractivity contribution is -0.128. The molecule has 2 unspecified atom stereocenters. The van der Waals surface area contributed by atoms with Gasteiger partial charge in [0.1, 0.15) is 12.2 Å². The molecule has 1 saturated heterocycles. The first-order chi connectivity index (χ1) is 8.33. The maximum absolute atomic E-state index is 12.2. The van der Waals surface area contributed by atoms with Crippen molar-refractivity contribution in [2.24, 2.45) is 0 Å². The van der Waals surface area contributed by atoms with E-state index in [0.717, 1.165) is 0 Å². The molecule has 2 atom stereocenters. The number of nitrogens with zero attached hydrogens (tertiary/aromatic N) is 3. The van der Waals surface area contributed by atoms with Crippen molar-refractivity contribution in [1.82, 2.24) is 20.5 Å². The van der Waals surface area contributed by atoms with Gasteiger partial charge in [-0.15, -0.1) is 5.10 Å². The molecule has 2 rings (SSSR count). The van der Waals surface area contributed by atoms with Crippen LogP contribution in [-0.4, -0.2) is 46.5 Å². The molecule has 102 valence electrons. The van der Waals surface area contributed by atoms with Crippen LogP contribution in [0.3, 0.4) is 0 Å². The SMILES string of the molecule is CC1CN(c2n[nH]c(CC(F)(F)F)n2)CC(C)N1. The molecule has 1 fully saturated rings. The van der Waals surface area contributed by atoms with Crippen LogP contribution in [0, 0.1) is 0 Å². The van der Waals surface area contributed by atoms with E-state index < -0.39 is 12.6 Å². The number of hydrogen-bond donors (Lipinski definition) is 2. The minimum atomic E-state index is -4.26. The summed E-state index contributed by atoms with van der Waals surface area (Å²) in [6.07, 6.45) is -5.34. The average Bonchev–Trinajstić information content (AvgIpc) is 2.61. The quantitative estimate of drug-likeness (QED) is 0.839. The second-order valence-electron chi connectivity index (χ2n) is 4.75. The molecule has 0 aliphatic carbocycles. The molecule has 2 heterocycles. The highest BCUT2D eigenvalue weighted by molar-refractivity contribution is 5.30. The van der Waals surface area contributed by atoms with Gasteiger partial charge in [0, 0.05) is 25.2 Å². The zero-order valence-corrected chi connectivity index (χ0v) is 10.3. The number of alkyl halides is 3. The Morgan fingerprint density at radius 1 is 1.28 bits per heavy atom. The third-order valence-electron chi connectivity index (χ3n) is 2.73. The van der Waals surface area contributed by atoms with Gasteiger partial charge in [0.2, 0.25) is 5.95 Å². The molecule has 0 amide bonds. The van der Waals surface area contributed by atoms with Gasteiger partial charge in [-0.25, -0.2) is 0 Å². The largest absolute Gasteiger partial charge is 0.396 e. The van der Waals surface area contributed by atoms with Crippen LogP contribution in [0.2, 0.25) is 0 Å². The number of aromatic amines is 1. The van der Waals surface area contributed by atoms with Crippen LogP contribution in [0.4, 0.5) is 19.1 Å². The molecule has 1 aliphatic rings. The maximum Gasteiger partial charge on any atom is 0.396 e. The van der Waals surface area contributed by atoms with Crippen LogP contribution in [-0.2, 0) is 6.42 Å². The minimum Gasteiger partial charge on any atom is -0.336 e. The van der Waals surface area contributed by atoms with Crippen LogP contribution in [0.1, 0.15) is 19.7 Å². The van der Waals surface area contributed by atoms with Crippen LogP contribution in [0.15, 0.2) is 0 Å². The summed E-state index contributed by atoms with van der Waals surface area (Å²) in [5, 5.41) is 9.54. The molecule has 1 aliphatic heterocycles. The van der Waals surface area contributed by atoms with E-state index in [1.165, 1.54) is 0 Å². The Kier molecular flexibility index (Phi) is 3.47. The predicted molar refractivity (Wildman–Crippen MR) is 60.4 cm³/mol. The van der Waals surface area contributed by atoms with Gasteiger partial charge in [-0.3, -0.25) is 5.10 Å². The standard InChI is InChI=1S/C10H16F3N5/c1-6-4-18(5-7(2)14-6)9-15-8(16-17-9)3-10(11,12)13/h6-7,14H,3-5H2,1-2H3,(H,15,16,17). The van der Waals surface area contributed by atoms with Crippen molar-refractivity contribution in [1.29, 1.82) is 0 Å². The number of halogens is 3. The molecule has 1 aromatic heterocycles. The first-order valence-corrected chi connectivity index (χ1v) is 5.82. The number of piperazine rings is 1. The molecule has 0 radical (unpaired) electrons. The highest BCUT2D eigenvalue weighted by atomic mass is 19.4. The van der Waals surface area contributed by atoms with Crippen LogP contribution in [0.5, 0.6) is 0 Å². The van der Waals surface area contributed by atoms with Crippen molar-refractivity contribution >= 4 is 5.95 Å². The van der Waals surface area contributed by atoms with Gasteiger partial charge in [-0.1, -0.05) is 0 Å². The number of nitrogens with one attached hydrogen (secondary N) is 2. The number of anilines is 1. The molecule has 0 saturated carbocycles. The summed E-state index contributed by atoms with van der Waals surface area (Å²) >= 11 is 0. The van der Waals surface area contributed by atoms with Crippen LogP contribution < -0.4 is 10.2 Å². The van der Waals surface area contributed by atoms with E-state index in [1.807, 2.05) is 18.7 Å². The first kappa shape index (κ1) is 13.1. The van der Waals surface area contributed by atoms with E-state index in [0.29, 0.717) is 19.0 Å². The van der Waals surface area contributed by atoms with Gasteiger partial charge >= 0.3 is 6.18 Å². The molecule has 5 nitrogen and oxygen atoms in total. The number of H-pyrrole nitrogens is 1. The second-order valence-corrected chi connectivity index (χ2v) is 4.75. The Labute approximate surface area is 103 Å². The van der Waals surface area contributed by atoms with Crippen molar-refractivity contribution in [3.05, 3.63) is 5.82 Å². The van der Waals surface area contributed by atoms with E-state index >= 15 is 0 Å². The van der Waals surface area contributed by atoms with Crippen molar-refractivity contribution in [2.75, 3.05) is 18.0 Å². The normalized spacial score (nSPS) is 25.5. The van der Waals surface area contributed by atoms with Gasteiger partial charge in [-0.2, -0.15) is 18.2 Å². The Hall–Kier alpha value is -1.31. The van der Waals surface area contributed by atoms with E-state index in [4.69, 9.17) is 0 Å². The van der Waals surface area contributed by atoms with Gasteiger partial charge in [0.05, 0.1) is 0 Å². The van der Waals surface area contributed by atoms with Crippen molar-refractivity contribution in [2.45, 2.75) is 38.5 Å². The maximum atomic E-state index is 12.2. The molecule has 0 bridgehead atoms. The number of rotatable bonds is 2. The summed E-state index contributed by atoms with van der Waals surface area (Å²) in [6, 6.07) is 0.525. The molecule has 1 aromatic rings. The van der Waals surface area contributed by atoms with Gasteiger partial charge < -0.3 is 10.2 Å². The molecule has 8 heteroatoms. The van der Waals surface area contributed by atoms with Crippen molar-refractivity contribution < 1.29 is 13.2 Å². The zero-order chi connectivity index (χ0) is 13.3. The van der Waals surface area contributed by atoms with Crippen LogP contribution in [0.25, 0.3) is 0 Å². The van der Waals surface area contributed by atoms with Crippen molar-refractivity contribution in [3.63, 3.8) is 0 Å². The van der Waals surface area contributed by atoms with E-state index in [-0.39, 0.29) is 17.9 Å². The highest BCUT2D eigenvalue weighted by Gasteiger charge is 2.30. The van der Waals surface area contributed by atoms with Gasteiger partial charge in [0.25, 0.3) is 0 Å². The average molecular weight is 263 g/mol. The Morgan fingerprint density at radius 2 is 1.89 bits per heavy atom.